The number of carbonyl (C=O) groups excluding carboxylic acids is 1. The number of hydrogen-bond acceptors (Lipinski definition) is 1. The molecule has 1 heterocycles. The molecule has 0 unspecified atom stereocenters. The number of nitrogens with one attached hydrogen (secondary N) is 1. The van der Waals surface area contributed by atoms with Gasteiger partial charge in [-0.3, -0.25) is 0 Å². The van der Waals surface area contributed by atoms with Crippen LogP contribution in [0.4, 0.5) is 4.79 Å². The van der Waals surface area contributed by atoms with Crippen molar-refractivity contribution in [3.63, 3.8) is 0 Å². The van der Waals surface area contributed by atoms with E-state index >= 15 is 0 Å². The Hall–Kier alpha value is -0.730. The lowest BCUT2D eigenvalue weighted by Crippen LogP contribution is -2.45. The Morgan fingerprint density at radius 3 is 2.17 bits per heavy atom. The van der Waals surface area contributed by atoms with Crippen LogP contribution in [0.3, 0.4) is 0 Å². The van der Waals surface area contributed by atoms with Crippen LogP contribution in [0.5, 0.6) is 0 Å². The topological polar surface area (TPSA) is 32.3 Å². The molecule has 3 aliphatic rings. The fourth-order valence-electron chi connectivity index (χ4n) is 3.30. The van der Waals surface area contributed by atoms with Crippen LogP contribution < -0.4 is 5.32 Å². The van der Waals surface area contributed by atoms with Gasteiger partial charge in [0.15, 0.2) is 0 Å². The zero-order valence-electron chi connectivity index (χ0n) is 11.5. The predicted octanol–water partition coefficient (Wildman–Crippen LogP) is 2.86. The standard InChI is InChI=1S/C15H26N2O/c1-11-6-8-17(9-7-11)15(18)16-10-14(12-2-3-12)13-4-5-13/h11-14H,2-10H2,1H3,(H,16,18). The smallest absolute Gasteiger partial charge is 0.317 e. The second kappa shape index (κ2) is 5.10. The monoisotopic (exact) mass is 250 g/mol. The zero-order valence-corrected chi connectivity index (χ0v) is 11.5. The van der Waals surface area contributed by atoms with Crippen molar-refractivity contribution in [2.75, 3.05) is 19.6 Å². The highest BCUT2D eigenvalue weighted by atomic mass is 16.2. The van der Waals surface area contributed by atoms with E-state index in [9.17, 15) is 4.79 Å². The lowest BCUT2D eigenvalue weighted by Gasteiger charge is -2.31. The largest absolute Gasteiger partial charge is 0.338 e. The van der Waals surface area contributed by atoms with Gasteiger partial charge in [-0.25, -0.2) is 4.79 Å². The molecule has 18 heavy (non-hydrogen) atoms. The number of nitrogens with zero attached hydrogens (tertiary/aromatic N) is 1. The third-order valence-corrected chi connectivity index (χ3v) is 5.01. The first-order valence-corrected chi connectivity index (χ1v) is 7.77. The fourth-order valence-corrected chi connectivity index (χ4v) is 3.30. The van der Waals surface area contributed by atoms with Crippen LogP contribution in [0, 0.1) is 23.7 Å². The Bertz CT molecular complexity index is 290. The van der Waals surface area contributed by atoms with Crippen molar-refractivity contribution in [2.24, 2.45) is 23.7 Å². The summed E-state index contributed by atoms with van der Waals surface area (Å²) < 4.78 is 0. The van der Waals surface area contributed by atoms with E-state index in [1.807, 2.05) is 4.90 Å². The van der Waals surface area contributed by atoms with Gasteiger partial charge in [0.25, 0.3) is 0 Å². The molecule has 2 amide bonds. The number of carbonyl (C=O) groups is 1. The summed E-state index contributed by atoms with van der Waals surface area (Å²) in [5.74, 6) is 3.44. The SMILES string of the molecule is CC1CCN(C(=O)NCC(C2CC2)C2CC2)CC1. The Balaban J connectivity index is 1.42. The van der Waals surface area contributed by atoms with E-state index in [1.54, 1.807) is 0 Å². The van der Waals surface area contributed by atoms with Gasteiger partial charge in [0.2, 0.25) is 0 Å². The van der Waals surface area contributed by atoms with E-state index in [0.717, 1.165) is 43.3 Å². The quantitative estimate of drug-likeness (QED) is 0.817. The maximum absolute atomic E-state index is 12.1. The Labute approximate surface area is 110 Å². The molecular weight excluding hydrogens is 224 g/mol. The van der Waals surface area contributed by atoms with E-state index in [4.69, 9.17) is 0 Å². The number of amides is 2. The van der Waals surface area contributed by atoms with Crippen LogP contribution in [0.15, 0.2) is 0 Å². The maximum Gasteiger partial charge on any atom is 0.317 e. The van der Waals surface area contributed by atoms with Gasteiger partial charge in [0.05, 0.1) is 0 Å². The molecule has 1 N–H and O–H groups in total. The molecule has 3 nitrogen and oxygen atoms in total. The van der Waals surface area contributed by atoms with Crippen molar-refractivity contribution >= 4 is 6.03 Å². The minimum atomic E-state index is 0.188. The highest BCUT2D eigenvalue weighted by Gasteiger charge is 2.41. The number of hydrogen-bond donors (Lipinski definition) is 1. The van der Waals surface area contributed by atoms with Crippen LogP contribution in [-0.2, 0) is 0 Å². The molecule has 0 radical (unpaired) electrons. The minimum Gasteiger partial charge on any atom is -0.338 e. The van der Waals surface area contributed by atoms with Gasteiger partial charge in [0, 0.05) is 19.6 Å². The minimum absolute atomic E-state index is 0.188. The van der Waals surface area contributed by atoms with Gasteiger partial charge in [-0.1, -0.05) is 6.92 Å². The molecule has 0 spiro atoms. The van der Waals surface area contributed by atoms with Crippen molar-refractivity contribution in [2.45, 2.75) is 45.4 Å². The average molecular weight is 250 g/mol. The van der Waals surface area contributed by atoms with Crippen molar-refractivity contribution < 1.29 is 4.79 Å². The van der Waals surface area contributed by atoms with E-state index in [0.29, 0.717) is 0 Å². The fraction of sp³-hybridized carbons (Fsp3) is 0.933. The summed E-state index contributed by atoms with van der Waals surface area (Å²) in [5, 5.41) is 3.20. The summed E-state index contributed by atoms with van der Waals surface area (Å²) >= 11 is 0. The molecule has 102 valence electrons. The highest BCUT2D eigenvalue weighted by Crippen LogP contribution is 2.48. The summed E-state index contributed by atoms with van der Waals surface area (Å²) in [6.45, 7) is 5.11. The summed E-state index contributed by atoms with van der Waals surface area (Å²) in [5.41, 5.74) is 0. The van der Waals surface area contributed by atoms with Gasteiger partial charge in [0.1, 0.15) is 0 Å². The first-order chi connectivity index (χ1) is 8.74. The Morgan fingerprint density at radius 1 is 1.11 bits per heavy atom. The summed E-state index contributed by atoms with van der Waals surface area (Å²) in [6, 6.07) is 0.188. The Kier molecular flexibility index (Phi) is 3.49. The van der Waals surface area contributed by atoms with Gasteiger partial charge >= 0.3 is 6.03 Å². The van der Waals surface area contributed by atoms with Gasteiger partial charge in [-0.15, -0.1) is 0 Å². The molecule has 1 aliphatic heterocycles. The number of piperidine rings is 1. The third-order valence-electron chi connectivity index (χ3n) is 5.01. The molecule has 3 heteroatoms. The Morgan fingerprint density at radius 2 is 1.67 bits per heavy atom. The normalized spacial score (nSPS) is 25.6. The summed E-state index contributed by atoms with van der Waals surface area (Å²) in [6.07, 6.45) is 7.94. The van der Waals surface area contributed by atoms with Crippen LogP contribution >= 0.6 is 0 Å². The second-order valence-corrected chi connectivity index (χ2v) is 6.69. The van der Waals surface area contributed by atoms with Crippen LogP contribution in [0.1, 0.15) is 45.4 Å². The molecule has 0 aromatic rings. The van der Waals surface area contributed by atoms with Crippen molar-refractivity contribution in [1.29, 1.82) is 0 Å². The first-order valence-electron chi connectivity index (χ1n) is 7.77. The van der Waals surface area contributed by atoms with Gasteiger partial charge in [-0.2, -0.15) is 0 Å². The molecule has 0 bridgehead atoms. The molecule has 1 saturated heterocycles. The molecule has 2 aliphatic carbocycles. The van der Waals surface area contributed by atoms with Crippen molar-refractivity contribution in [3.05, 3.63) is 0 Å². The first kappa shape index (κ1) is 12.3. The molecule has 0 aromatic carbocycles. The second-order valence-electron chi connectivity index (χ2n) is 6.69. The van der Waals surface area contributed by atoms with Crippen LogP contribution in [-0.4, -0.2) is 30.6 Å². The van der Waals surface area contributed by atoms with Crippen molar-refractivity contribution in [1.82, 2.24) is 10.2 Å². The lowest BCUT2D eigenvalue weighted by molar-refractivity contribution is 0.171. The maximum atomic E-state index is 12.1. The zero-order chi connectivity index (χ0) is 12.5. The van der Waals surface area contributed by atoms with Gasteiger partial charge < -0.3 is 10.2 Å². The molecular formula is C15H26N2O. The van der Waals surface area contributed by atoms with E-state index in [1.165, 1.54) is 38.5 Å². The van der Waals surface area contributed by atoms with E-state index in [-0.39, 0.29) is 6.03 Å². The summed E-state index contributed by atoms with van der Waals surface area (Å²) in [4.78, 5) is 14.1. The lowest BCUT2D eigenvalue weighted by atomic mass is 9.98. The number of urea groups is 1. The number of rotatable bonds is 4. The van der Waals surface area contributed by atoms with Crippen molar-refractivity contribution in [3.8, 4) is 0 Å². The highest BCUT2D eigenvalue weighted by molar-refractivity contribution is 5.74. The molecule has 0 aromatic heterocycles. The van der Waals surface area contributed by atoms with Crippen LogP contribution in [0.2, 0.25) is 0 Å². The van der Waals surface area contributed by atoms with E-state index in [2.05, 4.69) is 12.2 Å². The molecule has 3 rings (SSSR count). The van der Waals surface area contributed by atoms with E-state index < -0.39 is 0 Å². The van der Waals surface area contributed by atoms with Gasteiger partial charge in [-0.05, 0) is 62.2 Å². The summed E-state index contributed by atoms with van der Waals surface area (Å²) in [7, 11) is 0. The molecule has 3 fully saturated rings. The molecule has 0 atom stereocenters. The predicted molar refractivity (Wildman–Crippen MR) is 72.3 cm³/mol. The third kappa shape index (κ3) is 2.99. The molecule has 2 saturated carbocycles. The van der Waals surface area contributed by atoms with Crippen LogP contribution in [0.25, 0.3) is 0 Å². The number of likely N-dealkylation sites (tertiary alicyclic amines) is 1. The average Bonchev–Trinajstić information content (AvgIpc) is 3.24.